The minimum atomic E-state index is -0.551. The molecule has 0 unspecified atom stereocenters. The van der Waals surface area contributed by atoms with Crippen molar-refractivity contribution in [2.45, 2.75) is 32.1 Å². The van der Waals surface area contributed by atoms with Crippen molar-refractivity contribution < 1.29 is 14.4 Å². The molecule has 7 rings (SSSR count). The normalized spacial score (nSPS) is 21.6. The fraction of sp³-hybridized carbons (Fsp3) is 0.517. The van der Waals surface area contributed by atoms with E-state index in [4.69, 9.17) is 5.73 Å². The van der Waals surface area contributed by atoms with Crippen LogP contribution < -0.4 is 25.8 Å². The van der Waals surface area contributed by atoms with Crippen LogP contribution in [0.25, 0.3) is 5.65 Å². The van der Waals surface area contributed by atoms with E-state index in [1.807, 2.05) is 16.7 Å². The van der Waals surface area contributed by atoms with Crippen molar-refractivity contribution >= 4 is 40.8 Å². The molecular weight excluding hydrogens is 536 g/mol. The molecule has 1 spiro atoms. The number of imide groups is 1. The van der Waals surface area contributed by atoms with Crippen molar-refractivity contribution in [2.24, 2.45) is 17.1 Å². The van der Waals surface area contributed by atoms with E-state index in [-0.39, 0.29) is 18.0 Å². The molecule has 0 radical (unpaired) electrons. The number of nitrogens with one attached hydrogen (secondary N) is 1. The molecule has 3 aromatic rings. The predicted molar refractivity (Wildman–Crippen MR) is 157 cm³/mol. The van der Waals surface area contributed by atoms with Crippen LogP contribution in [-0.4, -0.2) is 94.7 Å². The molecule has 13 heteroatoms. The standard InChI is InChI=1S/C29H36N10O3/c30-27(41)22-1-2-23(34-33-22)37-9-5-29(6-10-37)16-20(17-29)19-35-11-13-36(14-12-35)21-3-7-38-24(15-21)31-18-26(38)39-8-4-25(40)32-28(39)42/h1-3,7,15,18,20H,4-6,8-14,16-17,19H2,(H2,30,41)(H,32,40,42). The summed E-state index contributed by atoms with van der Waals surface area (Å²) in [7, 11) is 0. The lowest BCUT2D eigenvalue weighted by molar-refractivity contribution is -0.120. The number of fused-ring (bicyclic) bond motifs is 1. The monoisotopic (exact) mass is 572 g/mol. The van der Waals surface area contributed by atoms with Gasteiger partial charge in [-0.25, -0.2) is 9.78 Å². The van der Waals surface area contributed by atoms with Crippen LogP contribution in [0.2, 0.25) is 0 Å². The first-order valence-electron chi connectivity index (χ1n) is 14.8. The van der Waals surface area contributed by atoms with Crippen molar-refractivity contribution in [1.29, 1.82) is 0 Å². The lowest BCUT2D eigenvalue weighted by Crippen LogP contribution is -2.53. The summed E-state index contributed by atoms with van der Waals surface area (Å²) in [5.74, 6) is 1.46. The zero-order valence-corrected chi connectivity index (χ0v) is 23.6. The molecule has 0 atom stereocenters. The lowest BCUT2D eigenvalue weighted by Gasteiger charge is -2.53. The van der Waals surface area contributed by atoms with Crippen LogP contribution in [-0.2, 0) is 4.79 Å². The van der Waals surface area contributed by atoms with E-state index in [0.29, 0.717) is 17.8 Å². The molecule has 4 amide bonds. The second-order valence-corrected chi connectivity index (χ2v) is 12.2. The number of hydrogen-bond donors (Lipinski definition) is 2. The van der Waals surface area contributed by atoms with Crippen LogP contribution in [0.1, 0.15) is 42.6 Å². The van der Waals surface area contributed by atoms with Crippen molar-refractivity contribution in [3.8, 4) is 0 Å². The minimum absolute atomic E-state index is 0.202. The number of amides is 4. The van der Waals surface area contributed by atoms with Gasteiger partial charge in [0, 0.05) is 76.7 Å². The number of anilines is 3. The third-order valence-corrected chi connectivity index (χ3v) is 9.56. The van der Waals surface area contributed by atoms with Crippen molar-refractivity contribution in [2.75, 3.05) is 67.1 Å². The highest BCUT2D eigenvalue weighted by atomic mass is 16.2. The average Bonchev–Trinajstić information content (AvgIpc) is 3.40. The fourth-order valence-electron chi connectivity index (χ4n) is 7.23. The van der Waals surface area contributed by atoms with Crippen LogP contribution >= 0.6 is 0 Å². The van der Waals surface area contributed by atoms with Crippen LogP contribution in [0.5, 0.6) is 0 Å². The summed E-state index contributed by atoms with van der Waals surface area (Å²) in [6, 6.07) is 7.26. The summed E-state index contributed by atoms with van der Waals surface area (Å²) in [6.45, 7) is 7.51. The number of carbonyl (C=O) groups excluding carboxylic acids is 3. The quantitative estimate of drug-likeness (QED) is 0.449. The summed E-state index contributed by atoms with van der Waals surface area (Å²) < 4.78 is 1.90. The number of nitrogens with zero attached hydrogens (tertiary/aromatic N) is 8. The third-order valence-electron chi connectivity index (χ3n) is 9.56. The number of hydrogen-bond acceptors (Lipinski definition) is 9. The highest BCUT2D eigenvalue weighted by Crippen LogP contribution is 2.53. The van der Waals surface area contributed by atoms with E-state index in [0.717, 1.165) is 62.3 Å². The van der Waals surface area contributed by atoms with Gasteiger partial charge in [0.1, 0.15) is 11.5 Å². The fourth-order valence-corrected chi connectivity index (χ4v) is 7.23. The molecule has 4 aliphatic rings. The molecular formula is C29H36N10O3. The topological polar surface area (TPSA) is 145 Å². The van der Waals surface area contributed by atoms with E-state index in [2.05, 4.69) is 47.3 Å². The lowest BCUT2D eigenvalue weighted by atomic mass is 9.57. The zero-order chi connectivity index (χ0) is 28.8. The molecule has 0 aromatic carbocycles. The summed E-state index contributed by atoms with van der Waals surface area (Å²) in [4.78, 5) is 48.5. The summed E-state index contributed by atoms with van der Waals surface area (Å²) in [5.41, 5.74) is 7.87. The number of aromatic nitrogens is 4. The number of pyridine rings is 1. The van der Waals surface area contributed by atoms with Gasteiger partial charge in [-0.1, -0.05) is 0 Å². The maximum absolute atomic E-state index is 12.3. The highest BCUT2D eigenvalue weighted by Gasteiger charge is 2.46. The van der Waals surface area contributed by atoms with Crippen molar-refractivity contribution in [3.05, 3.63) is 42.4 Å². The van der Waals surface area contributed by atoms with E-state index in [1.165, 1.54) is 32.2 Å². The Hall–Kier alpha value is -4.26. The van der Waals surface area contributed by atoms with Crippen LogP contribution in [0.3, 0.4) is 0 Å². The first-order valence-corrected chi connectivity index (χ1v) is 14.8. The Labute approximate surface area is 243 Å². The molecule has 3 aromatic heterocycles. The summed E-state index contributed by atoms with van der Waals surface area (Å²) in [6.07, 6.45) is 8.89. The van der Waals surface area contributed by atoms with Crippen molar-refractivity contribution in [3.63, 3.8) is 0 Å². The number of urea groups is 1. The van der Waals surface area contributed by atoms with Gasteiger partial charge in [-0.2, -0.15) is 0 Å². The predicted octanol–water partition coefficient (Wildman–Crippen LogP) is 1.49. The maximum atomic E-state index is 12.3. The smallest absolute Gasteiger partial charge is 0.329 e. The number of rotatable bonds is 6. The van der Waals surface area contributed by atoms with E-state index in [9.17, 15) is 14.4 Å². The van der Waals surface area contributed by atoms with E-state index < -0.39 is 11.9 Å². The average molecular weight is 573 g/mol. The first kappa shape index (κ1) is 26.6. The van der Waals surface area contributed by atoms with Gasteiger partial charge >= 0.3 is 6.03 Å². The molecule has 1 aliphatic carbocycles. The largest absolute Gasteiger partial charge is 0.369 e. The SMILES string of the molecule is NC(=O)c1ccc(N2CCC3(CC2)CC(CN2CCN(c4ccn5c(N6CCC(=O)NC6=O)cnc5c4)CC2)C3)nn1. The van der Waals surface area contributed by atoms with Crippen molar-refractivity contribution in [1.82, 2.24) is 29.8 Å². The second kappa shape index (κ2) is 10.5. The summed E-state index contributed by atoms with van der Waals surface area (Å²) in [5, 5.41) is 10.5. The van der Waals surface area contributed by atoms with Gasteiger partial charge < -0.3 is 15.5 Å². The highest BCUT2D eigenvalue weighted by molar-refractivity contribution is 6.05. The molecule has 3 aliphatic heterocycles. The molecule has 42 heavy (non-hydrogen) atoms. The Morgan fingerprint density at radius 2 is 1.76 bits per heavy atom. The molecule has 13 nitrogen and oxygen atoms in total. The van der Waals surface area contributed by atoms with Crippen LogP contribution in [0.4, 0.5) is 22.1 Å². The molecule has 0 bridgehead atoms. The molecule has 3 saturated heterocycles. The maximum Gasteiger partial charge on any atom is 0.329 e. The Morgan fingerprint density at radius 1 is 0.976 bits per heavy atom. The Balaban J connectivity index is 0.879. The van der Waals surface area contributed by atoms with Gasteiger partial charge in [-0.05, 0) is 55.2 Å². The number of primary amides is 1. The zero-order valence-electron chi connectivity index (χ0n) is 23.6. The first-order chi connectivity index (χ1) is 20.4. The van der Waals surface area contributed by atoms with Gasteiger partial charge in [0.2, 0.25) is 5.91 Å². The molecule has 4 fully saturated rings. The Kier molecular flexibility index (Phi) is 6.68. The number of piperazine rings is 1. The molecule has 6 heterocycles. The van der Waals surface area contributed by atoms with E-state index >= 15 is 0 Å². The number of imidazole rings is 1. The Bertz CT molecular complexity index is 1500. The Morgan fingerprint density at radius 3 is 2.45 bits per heavy atom. The van der Waals surface area contributed by atoms with Gasteiger partial charge in [0.25, 0.3) is 5.91 Å². The van der Waals surface area contributed by atoms with Gasteiger partial charge in [-0.3, -0.25) is 29.1 Å². The minimum Gasteiger partial charge on any atom is -0.369 e. The number of nitrogens with two attached hydrogens (primary N) is 1. The third kappa shape index (κ3) is 5.02. The van der Waals surface area contributed by atoms with Gasteiger partial charge in [0.15, 0.2) is 11.5 Å². The molecule has 220 valence electrons. The number of piperidine rings is 1. The molecule has 3 N–H and O–H groups in total. The van der Waals surface area contributed by atoms with Crippen LogP contribution in [0.15, 0.2) is 36.7 Å². The van der Waals surface area contributed by atoms with Gasteiger partial charge in [-0.15, -0.1) is 10.2 Å². The molecule has 1 saturated carbocycles. The number of carbonyl (C=O) groups is 3. The van der Waals surface area contributed by atoms with Crippen LogP contribution in [0, 0.1) is 11.3 Å². The van der Waals surface area contributed by atoms with E-state index in [1.54, 1.807) is 17.2 Å². The van der Waals surface area contributed by atoms with Gasteiger partial charge in [0.05, 0.1) is 6.20 Å². The second-order valence-electron chi connectivity index (χ2n) is 12.2. The summed E-state index contributed by atoms with van der Waals surface area (Å²) >= 11 is 0.